The van der Waals surface area contributed by atoms with Crippen LogP contribution in [0.25, 0.3) is 0 Å². The van der Waals surface area contributed by atoms with Crippen molar-refractivity contribution in [2.45, 2.75) is 24.9 Å². The van der Waals surface area contributed by atoms with E-state index in [1.165, 1.54) is 12.8 Å². The third-order valence-electron chi connectivity index (χ3n) is 4.36. The Morgan fingerprint density at radius 2 is 2.04 bits per heavy atom. The van der Waals surface area contributed by atoms with E-state index in [1.807, 2.05) is 25.2 Å². The van der Waals surface area contributed by atoms with Gasteiger partial charge in [-0.15, -0.1) is 24.0 Å². The van der Waals surface area contributed by atoms with Gasteiger partial charge in [-0.3, -0.25) is 9.89 Å². The number of halogens is 2. The number of ether oxygens (including phenoxy) is 1. The summed E-state index contributed by atoms with van der Waals surface area (Å²) in [6.45, 7) is 4.17. The topological polar surface area (TPSA) is 48.9 Å². The average Bonchev–Trinajstić information content (AvgIpc) is 3.40. The van der Waals surface area contributed by atoms with Gasteiger partial charge in [-0.05, 0) is 24.5 Å². The molecule has 1 aliphatic carbocycles. The van der Waals surface area contributed by atoms with Gasteiger partial charge < -0.3 is 15.4 Å². The SMILES string of the molecule is CN=C(NCC(c1ccccc1Cl)N1CCOCC1)NC1CC1.I. The fourth-order valence-corrected chi connectivity index (χ4v) is 3.14. The molecule has 2 fully saturated rings. The Kier molecular flexibility index (Phi) is 8.06. The summed E-state index contributed by atoms with van der Waals surface area (Å²) in [5.74, 6) is 0.873. The standard InChI is InChI=1S/C17H25ClN4O.HI/c1-19-17(21-13-6-7-13)20-12-16(22-8-10-23-11-9-22)14-4-2-3-5-15(14)18;/h2-5,13,16H,6-12H2,1H3,(H2,19,20,21);1H. The summed E-state index contributed by atoms with van der Waals surface area (Å²) in [4.78, 5) is 6.75. The maximum Gasteiger partial charge on any atom is 0.191 e. The van der Waals surface area contributed by atoms with Crippen LogP contribution in [0.5, 0.6) is 0 Å². The third-order valence-corrected chi connectivity index (χ3v) is 4.70. The number of nitrogens with zero attached hydrogens (tertiary/aromatic N) is 2. The molecule has 1 heterocycles. The van der Waals surface area contributed by atoms with Gasteiger partial charge in [0.2, 0.25) is 0 Å². The molecule has 5 nitrogen and oxygen atoms in total. The molecule has 2 aliphatic rings. The normalized spacial score (nSPS) is 20.2. The lowest BCUT2D eigenvalue weighted by molar-refractivity contribution is 0.0170. The molecule has 0 aromatic heterocycles. The van der Waals surface area contributed by atoms with Gasteiger partial charge >= 0.3 is 0 Å². The maximum atomic E-state index is 6.45. The molecule has 2 N–H and O–H groups in total. The molecule has 24 heavy (non-hydrogen) atoms. The van der Waals surface area contributed by atoms with Gasteiger partial charge in [0.1, 0.15) is 0 Å². The molecule has 134 valence electrons. The molecule has 3 rings (SSSR count). The second-order valence-electron chi connectivity index (χ2n) is 6.06. The van der Waals surface area contributed by atoms with E-state index in [0.717, 1.165) is 49.4 Å². The van der Waals surface area contributed by atoms with Gasteiger partial charge in [0.25, 0.3) is 0 Å². The van der Waals surface area contributed by atoms with Crippen LogP contribution in [0, 0.1) is 0 Å². The van der Waals surface area contributed by atoms with Crippen molar-refractivity contribution >= 4 is 41.5 Å². The number of rotatable bonds is 5. The van der Waals surface area contributed by atoms with Crippen LogP contribution in [0.1, 0.15) is 24.4 Å². The molecule has 1 saturated heterocycles. The highest BCUT2D eigenvalue weighted by molar-refractivity contribution is 14.0. The fourth-order valence-electron chi connectivity index (χ4n) is 2.88. The quantitative estimate of drug-likeness (QED) is 0.400. The number of nitrogens with one attached hydrogen (secondary N) is 2. The molecule has 1 aromatic carbocycles. The molecular formula is C17H26ClIN4O. The Balaban J connectivity index is 0.00000208. The lowest BCUT2D eigenvalue weighted by atomic mass is 10.0. The van der Waals surface area contributed by atoms with Crippen molar-refractivity contribution in [3.8, 4) is 0 Å². The fraction of sp³-hybridized carbons (Fsp3) is 0.588. The van der Waals surface area contributed by atoms with E-state index in [0.29, 0.717) is 6.04 Å². The minimum absolute atomic E-state index is 0. The van der Waals surface area contributed by atoms with E-state index in [9.17, 15) is 0 Å². The van der Waals surface area contributed by atoms with Gasteiger partial charge in [0, 0.05) is 37.7 Å². The highest BCUT2D eigenvalue weighted by atomic mass is 127. The van der Waals surface area contributed by atoms with Crippen LogP contribution in [0.4, 0.5) is 0 Å². The second kappa shape index (κ2) is 9.79. The second-order valence-corrected chi connectivity index (χ2v) is 6.46. The Hall–Kier alpha value is -0.570. The highest BCUT2D eigenvalue weighted by Gasteiger charge is 2.26. The molecule has 1 unspecified atom stereocenters. The van der Waals surface area contributed by atoms with Gasteiger partial charge in [0.15, 0.2) is 5.96 Å². The summed E-state index contributed by atoms with van der Waals surface area (Å²) in [5, 5.41) is 7.70. The van der Waals surface area contributed by atoms with Crippen molar-refractivity contribution < 1.29 is 4.74 Å². The lowest BCUT2D eigenvalue weighted by Crippen LogP contribution is -2.46. The molecular weight excluding hydrogens is 439 g/mol. The molecule has 1 saturated carbocycles. The Morgan fingerprint density at radius 1 is 1.33 bits per heavy atom. The first-order valence-corrected chi connectivity index (χ1v) is 8.69. The smallest absolute Gasteiger partial charge is 0.191 e. The molecule has 0 spiro atoms. The predicted molar refractivity (Wildman–Crippen MR) is 110 cm³/mol. The first-order valence-electron chi connectivity index (χ1n) is 8.31. The van der Waals surface area contributed by atoms with Gasteiger partial charge in [-0.25, -0.2) is 0 Å². The van der Waals surface area contributed by atoms with E-state index < -0.39 is 0 Å². The van der Waals surface area contributed by atoms with Crippen LogP contribution < -0.4 is 10.6 Å². The van der Waals surface area contributed by atoms with E-state index in [4.69, 9.17) is 16.3 Å². The molecule has 0 bridgehead atoms. The Labute approximate surface area is 166 Å². The van der Waals surface area contributed by atoms with Gasteiger partial charge in [-0.2, -0.15) is 0 Å². The largest absolute Gasteiger partial charge is 0.379 e. The number of aliphatic imine (C=N–C) groups is 1. The van der Waals surface area contributed by atoms with Crippen LogP contribution in [0.15, 0.2) is 29.3 Å². The van der Waals surface area contributed by atoms with E-state index >= 15 is 0 Å². The molecule has 1 atom stereocenters. The predicted octanol–water partition coefficient (Wildman–Crippen LogP) is 2.66. The van der Waals surface area contributed by atoms with Crippen molar-refractivity contribution in [2.24, 2.45) is 4.99 Å². The van der Waals surface area contributed by atoms with Crippen molar-refractivity contribution in [1.29, 1.82) is 0 Å². The maximum absolute atomic E-state index is 6.45. The monoisotopic (exact) mass is 464 g/mol. The zero-order valence-electron chi connectivity index (χ0n) is 14.0. The summed E-state index contributed by atoms with van der Waals surface area (Å²) < 4.78 is 5.49. The van der Waals surface area contributed by atoms with Gasteiger partial charge in [-0.1, -0.05) is 29.8 Å². The molecule has 7 heteroatoms. The summed E-state index contributed by atoms with van der Waals surface area (Å²) in [6, 6.07) is 8.89. The average molecular weight is 465 g/mol. The molecule has 1 aliphatic heterocycles. The van der Waals surface area contributed by atoms with E-state index in [-0.39, 0.29) is 30.0 Å². The minimum atomic E-state index is 0. The number of morpholine rings is 1. The van der Waals surface area contributed by atoms with Crippen molar-refractivity contribution in [3.05, 3.63) is 34.9 Å². The van der Waals surface area contributed by atoms with E-state index in [1.54, 1.807) is 0 Å². The van der Waals surface area contributed by atoms with Crippen molar-refractivity contribution in [3.63, 3.8) is 0 Å². The number of benzene rings is 1. The molecule has 0 radical (unpaired) electrons. The van der Waals surface area contributed by atoms with Crippen LogP contribution in [-0.2, 0) is 4.74 Å². The summed E-state index contributed by atoms with van der Waals surface area (Å²) in [6.07, 6.45) is 2.47. The highest BCUT2D eigenvalue weighted by Crippen LogP contribution is 2.27. The summed E-state index contributed by atoms with van der Waals surface area (Å²) in [7, 11) is 1.82. The number of hydrogen-bond acceptors (Lipinski definition) is 3. The molecule has 0 amide bonds. The third kappa shape index (κ3) is 5.47. The first kappa shape index (κ1) is 19.8. The van der Waals surface area contributed by atoms with Crippen molar-refractivity contribution in [1.82, 2.24) is 15.5 Å². The first-order chi connectivity index (χ1) is 11.3. The van der Waals surface area contributed by atoms with Crippen molar-refractivity contribution in [2.75, 3.05) is 39.9 Å². The van der Waals surface area contributed by atoms with Crippen LogP contribution in [-0.4, -0.2) is 56.8 Å². The summed E-state index contributed by atoms with van der Waals surface area (Å²) >= 11 is 6.45. The number of hydrogen-bond donors (Lipinski definition) is 2. The Morgan fingerprint density at radius 3 is 2.67 bits per heavy atom. The van der Waals surface area contributed by atoms with Gasteiger partial charge in [0.05, 0.1) is 19.3 Å². The summed E-state index contributed by atoms with van der Waals surface area (Å²) in [5.41, 5.74) is 1.16. The lowest BCUT2D eigenvalue weighted by Gasteiger charge is -2.35. The van der Waals surface area contributed by atoms with Crippen LogP contribution in [0.3, 0.4) is 0 Å². The van der Waals surface area contributed by atoms with Crippen LogP contribution in [0.2, 0.25) is 5.02 Å². The van der Waals surface area contributed by atoms with E-state index in [2.05, 4.69) is 26.6 Å². The minimum Gasteiger partial charge on any atom is -0.379 e. The zero-order valence-corrected chi connectivity index (χ0v) is 17.1. The number of guanidine groups is 1. The van der Waals surface area contributed by atoms with Crippen LogP contribution >= 0.6 is 35.6 Å². The Bertz CT molecular complexity index is 547. The molecule has 1 aromatic rings. The zero-order chi connectivity index (χ0) is 16.1.